The molecule has 0 radical (unpaired) electrons. The zero-order valence-electron chi connectivity index (χ0n) is 26.5. The normalized spacial score (nSPS) is 27.2. The molecule has 2 aromatic heterocycles. The fraction of sp³-hybridized carbons (Fsp3) is 0.750. The first-order valence-corrected chi connectivity index (χ1v) is 17.2. The van der Waals surface area contributed by atoms with Gasteiger partial charge in [0.25, 0.3) is 0 Å². The van der Waals surface area contributed by atoms with E-state index >= 15 is 0 Å². The Bertz CT molecular complexity index is 1400. The van der Waals surface area contributed by atoms with Crippen LogP contribution in [0.1, 0.15) is 78.4 Å². The van der Waals surface area contributed by atoms with E-state index in [-0.39, 0.29) is 35.2 Å². The largest absolute Gasteiger partial charge is 0.479 e. The molecule has 6 atom stereocenters. The van der Waals surface area contributed by atoms with Gasteiger partial charge in [-0.25, -0.2) is 15.2 Å². The van der Waals surface area contributed by atoms with Gasteiger partial charge in [-0.1, -0.05) is 0 Å². The van der Waals surface area contributed by atoms with Crippen LogP contribution in [0.2, 0.25) is 0 Å². The maximum Gasteiger partial charge on any atom is 0.342 e. The summed E-state index contributed by atoms with van der Waals surface area (Å²) in [6.45, 7) is 3.79. The molecule has 46 heavy (non-hydrogen) atoms. The van der Waals surface area contributed by atoms with Gasteiger partial charge in [0, 0.05) is 0 Å². The molecule has 17 nitrogen and oxygen atoms in total. The molecule has 0 bridgehead atoms. The summed E-state index contributed by atoms with van der Waals surface area (Å²) in [6, 6.07) is -2.17. The Balaban J connectivity index is 1.32. The third-order valence-corrected chi connectivity index (χ3v) is 10.6. The number of carbonyl (C=O) groups is 2. The predicted molar refractivity (Wildman–Crippen MR) is 162 cm³/mol. The van der Waals surface area contributed by atoms with Crippen LogP contribution >= 0.6 is 7.67 Å². The number of hydrogen-bond donors (Lipinski definition) is 5. The van der Waals surface area contributed by atoms with Gasteiger partial charge >= 0.3 is 19.6 Å². The fourth-order valence-corrected chi connectivity index (χ4v) is 7.86. The fourth-order valence-electron chi connectivity index (χ4n) is 6.05. The average molecular weight is 670 g/mol. The minimum Gasteiger partial charge on any atom is -0.479 e. The molecule has 18 heteroatoms. The number of aromatic nitrogens is 4. The second-order valence-corrected chi connectivity index (χ2v) is 14.2. The number of nitrogens with one attached hydrogen (secondary N) is 2. The van der Waals surface area contributed by atoms with Gasteiger partial charge in [0.1, 0.15) is 42.1 Å². The quantitative estimate of drug-likeness (QED) is 0.150. The van der Waals surface area contributed by atoms with Crippen LogP contribution in [-0.4, -0.2) is 97.5 Å². The molecule has 3 aliphatic rings. The van der Waals surface area contributed by atoms with Crippen LogP contribution in [0.15, 0.2) is 6.33 Å². The number of carbonyl (C=O) groups excluding carboxylic acids is 2. The molecule has 6 N–H and O–H groups in total. The van der Waals surface area contributed by atoms with Gasteiger partial charge in [-0.2, -0.15) is 9.97 Å². The van der Waals surface area contributed by atoms with E-state index in [1.165, 1.54) is 38.8 Å². The first kappa shape index (κ1) is 34.4. The number of methoxy groups -OCH3 is 1. The van der Waals surface area contributed by atoms with Gasteiger partial charge in [0.2, 0.25) is 11.8 Å². The van der Waals surface area contributed by atoms with E-state index in [0.717, 1.165) is 51.4 Å². The Kier molecular flexibility index (Phi) is 10.5. The molecule has 5 rings (SSSR count). The summed E-state index contributed by atoms with van der Waals surface area (Å²) >= 11 is 0. The second kappa shape index (κ2) is 14.1. The van der Waals surface area contributed by atoms with Crippen molar-refractivity contribution in [1.82, 2.24) is 29.7 Å². The molecule has 3 fully saturated rings. The smallest absolute Gasteiger partial charge is 0.342 e. The van der Waals surface area contributed by atoms with Gasteiger partial charge in [0.05, 0.1) is 20.0 Å². The third kappa shape index (κ3) is 7.46. The number of nitrogens with zero attached hydrogens (tertiary/aromatic N) is 4. The molecule has 1 saturated heterocycles. The van der Waals surface area contributed by atoms with Crippen LogP contribution in [0.4, 0.5) is 5.95 Å². The van der Waals surface area contributed by atoms with Crippen LogP contribution in [0.5, 0.6) is 5.88 Å². The van der Waals surface area contributed by atoms with Crippen LogP contribution in [0.3, 0.4) is 0 Å². The van der Waals surface area contributed by atoms with Crippen LogP contribution < -0.4 is 20.6 Å². The Hall–Kier alpha value is -2.92. The molecule has 2 saturated carbocycles. The molecule has 256 valence electrons. The van der Waals surface area contributed by atoms with E-state index in [0.29, 0.717) is 0 Å². The number of nitrogens with two attached hydrogens (primary N) is 1. The predicted octanol–water partition coefficient (Wildman–Crippen LogP) is 1.48. The van der Waals surface area contributed by atoms with Crippen molar-refractivity contribution in [1.29, 1.82) is 0 Å². The second-order valence-electron chi connectivity index (χ2n) is 12.3. The van der Waals surface area contributed by atoms with E-state index in [2.05, 4.69) is 25.1 Å². The number of esters is 2. The third-order valence-electron chi connectivity index (χ3n) is 8.63. The first-order valence-electron chi connectivity index (χ1n) is 15.6. The first-order chi connectivity index (χ1) is 21.8. The number of ether oxygens (including phenoxy) is 4. The summed E-state index contributed by atoms with van der Waals surface area (Å²) < 4.78 is 43.8. The van der Waals surface area contributed by atoms with Gasteiger partial charge in [-0.15, -0.1) is 0 Å². The lowest BCUT2D eigenvalue weighted by atomic mass is 9.96. The monoisotopic (exact) mass is 669 g/mol. The van der Waals surface area contributed by atoms with Crippen molar-refractivity contribution in [2.24, 2.45) is 0 Å². The maximum absolute atomic E-state index is 14.2. The molecule has 0 amide bonds. The van der Waals surface area contributed by atoms with E-state index in [1.54, 1.807) is 0 Å². The van der Waals surface area contributed by atoms with Gasteiger partial charge in [-0.3, -0.25) is 18.7 Å². The number of anilines is 1. The van der Waals surface area contributed by atoms with Crippen molar-refractivity contribution in [2.45, 2.75) is 120 Å². The Morgan fingerprint density at radius 2 is 1.63 bits per heavy atom. The molecular formula is C28H44N7O10P. The zero-order valence-corrected chi connectivity index (χ0v) is 27.4. The summed E-state index contributed by atoms with van der Waals surface area (Å²) in [7, 11) is -2.84. The lowest BCUT2D eigenvalue weighted by Gasteiger charge is -2.28. The number of nitrogen functional groups attached to an aromatic ring is 1. The molecule has 2 aromatic rings. The number of rotatable bonds is 13. The van der Waals surface area contributed by atoms with Crippen molar-refractivity contribution in [3.8, 4) is 5.88 Å². The van der Waals surface area contributed by atoms with Crippen molar-refractivity contribution < 1.29 is 47.8 Å². The highest BCUT2D eigenvalue weighted by molar-refractivity contribution is 7.54. The molecule has 0 spiro atoms. The topological polar surface area (TPSA) is 231 Å². The number of aliphatic hydroxyl groups excluding tert-OH is 1. The standard InChI is InChI=1S/C28H44N7O10P/c1-15(24(37)43-17-9-5-6-10-17)33-46(40,34-16(2)25(38)44-18-11-7-8-12-18)42-13-19-21(36)28(3,39)26(45-19)35-14-30-20-22(35)31-27(29)32-23(20)41-4/h14-19,21,26,36,39H,5-13H2,1-4H3,(H2,29,31,32)(H2,33,34,40)/t15-,16-,19+,21+,26+,28+/m0/s1. The number of aliphatic hydroxyl groups is 2. The van der Waals surface area contributed by atoms with Crippen molar-refractivity contribution in [2.75, 3.05) is 19.5 Å². The van der Waals surface area contributed by atoms with Gasteiger partial charge in [-0.05, 0) is 72.1 Å². The Morgan fingerprint density at radius 1 is 1.09 bits per heavy atom. The number of fused-ring (bicyclic) bond motifs is 1. The maximum atomic E-state index is 14.2. The van der Waals surface area contributed by atoms with Crippen LogP contribution in [0.25, 0.3) is 11.2 Å². The van der Waals surface area contributed by atoms with Crippen LogP contribution in [0, 0.1) is 0 Å². The van der Waals surface area contributed by atoms with Crippen molar-refractivity contribution in [3.05, 3.63) is 6.33 Å². The van der Waals surface area contributed by atoms with Crippen LogP contribution in [-0.2, 0) is 32.9 Å². The molecule has 0 unspecified atom stereocenters. The van der Waals surface area contributed by atoms with E-state index in [9.17, 15) is 24.4 Å². The summed E-state index contributed by atoms with van der Waals surface area (Å²) in [6.07, 6.45) is 3.75. The summed E-state index contributed by atoms with van der Waals surface area (Å²) in [5.74, 6) is -1.24. The van der Waals surface area contributed by atoms with Crippen molar-refractivity contribution in [3.63, 3.8) is 0 Å². The van der Waals surface area contributed by atoms with E-state index in [1.807, 2.05) is 0 Å². The molecule has 0 aromatic carbocycles. The molecular weight excluding hydrogens is 625 g/mol. The minimum absolute atomic E-state index is 0.108. The highest BCUT2D eigenvalue weighted by atomic mass is 31.2. The zero-order chi connectivity index (χ0) is 33.2. The summed E-state index contributed by atoms with van der Waals surface area (Å²) in [4.78, 5) is 38.2. The lowest BCUT2D eigenvalue weighted by molar-refractivity contribution is -0.150. The Labute approximate surface area is 266 Å². The number of imidazole rings is 1. The van der Waals surface area contributed by atoms with E-state index in [4.69, 9.17) is 29.2 Å². The van der Waals surface area contributed by atoms with Crippen molar-refractivity contribution >= 4 is 36.7 Å². The SMILES string of the molecule is COc1nc(N)nc2c1ncn2[C@@H]1O[C@H](COP(=O)(N[C@@H](C)C(=O)OC2CCCC2)N[C@@H](C)C(=O)OC2CCCC2)[C@@H](O)[C@@]1(C)O. The summed E-state index contributed by atoms with van der Waals surface area (Å²) in [5.41, 5.74) is 4.36. The molecule has 3 heterocycles. The molecule has 2 aliphatic carbocycles. The Morgan fingerprint density at radius 3 is 2.15 bits per heavy atom. The van der Waals surface area contributed by atoms with Gasteiger partial charge < -0.3 is 39.4 Å². The highest BCUT2D eigenvalue weighted by Crippen LogP contribution is 2.44. The summed E-state index contributed by atoms with van der Waals surface area (Å²) in [5, 5.41) is 27.8. The highest BCUT2D eigenvalue weighted by Gasteiger charge is 2.54. The minimum atomic E-state index is -4.23. The van der Waals surface area contributed by atoms with E-state index < -0.39 is 62.3 Å². The number of hydrogen-bond acceptors (Lipinski definition) is 14. The average Bonchev–Trinajstić information content (AvgIpc) is 3.81. The van der Waals surface area contributed by atoms with Gasteiger partial charge in [0.15, 0.2) is 17.4 Å². The lowest BCUT2D eigenvalue weighted by Crippen LogP contribution is -2.46. The molecule has 1 aliphatic heterocycles.